The minimum atomic E-state index is -4.64. The highest BCUT2D eigenvalue weighted by molar-refractivity contribution is 6.07. The van der Waals surface area contributed by atoms with Crippen LogP contribution in [0.3, 0.4) is 0 Å². The average molecular weight is 399 g/mol. The Morgan fingerprint density at radius 2 is 1.96 bits per heavy atom. The number of pyridine rings is 1. The fourth-order valence-electron chi connectivity index (χ4n) is 2.67. The third-order valence-corrected chi connectivity index (χ3v) is 4.20. The van der Waals surface area contributed by atoms with Crippen LogP contribution in [0, 0.1) is 6.92 Å². The van der Waals surface area contributed by atoms with Crippen LogP contribution in [-0.2, 0) is 12.7 Å². The summed E-state index contributed by atoms with van der Waals surface area (Å²) in [6.45, 7) is 3.41. The van der Waals surface area contributed by atoms with Crippen LogP contribution in [0.5, 0.6) is 0 Å². The summed E-state index contributed by atoms with van der Waals surface area (Å²) in [4.78, 5) is 43.4. The fraction of sp³-hybridized carbons (Fsp3) is 0.412. The Balaban J connectivity index is 2.49. The Hall–Kier alpha value is -3.11. The molecule has 2 aromatic rings. The van der Waals surface area contributed by atoms with Gasteiger partial charge in [-0.2, -0.15) is 13.2 Å². The van der Waals surface area contributed by atoms with E-state index in [-0.39, 0.29) is 29.3 Å². The fourth-order valence-corrected chi connectivity index (χ4v) is 2.67. The van der Waals surface area contributed by atoms with Crippen molar-refractivity contribution in [3.63, 3.8) is 0 Å². The Morgan fingerprint density at radius 1 is 1.32 bits per heavy atom. The number of amides is 1. The Labute approximate surface area is 157 Å². The van der Waals surface area contributed by atoms with Gasteiger partial charge < -0.3 is 10.6 Å². The number of carbonyl (C=O) groups is 1. The lowest BCUT2D eigenvalue weighted by molar-refractivity contribution is -0.141. The predicted octanol–water partition coefficient (Wildman–Crippen LogP) is 1.92. The summed E-state index contributed by atoms with van der Waals surface area (Å²) in [7, 11) is 1.25. The van der Waals surface area contributed by atoms with Gasteiger partial charge in [-0.1, -0.05) is 13.3 Å². The average Bonchev–Trinajstić information content (AvgIpc) is 2.59. The Kier molecular flexibility index (Phi) is 5.95. The highest BCUT2D eigenvalue weighted by Gasteiger charge is 2.33. The number of anilines is 2. The van der Waals surface area contributed by atoms with Gasteiger partial charge in [0.2, 0.25) is 0 Å². The number of aryl methyl sites for hydroxylation is 1. The first-order chi connectivity index (χ1) is 13.0. The molecule has 2 rings (SSSR count). The molecular formula is C17H20F3N5O3. The summed E-state index contributed by atoms with van der Waals surface area (Å²) in [5, 5.41) is 0. The normalized spacial score (nSPS) is 11.5. The molecule has 0 saturated carbocycles. The molecule has 0 unspecified atom stereocenters. The van der Waals surface area contributed by atoms with E-state index in [1.807, 2.05) is 6.92 Å². The van der Waals surface area contributed by atoms with E-state index in [1.165, 1.54) is 14.0 Å². The first kappa shape index (κ1) is 21.2. The number of rotatable bonds is 5. The van der Waals surface area contributed by atoms with Gasteiger partial charge >= 0.3 is 11.9 Å². The van der Waals surface area contributed by atoms with Gasteiger partial charge in [-0.05, 0) is 25.5 Å². The number of nitrogens with one attached hydrogen (secondary N) is 1. The zero-order valence-corrected chi connectivity index (χ0v) is 15.6. The second kappa shape index (κ2) is 7.87. The maximum Gasteiger partial charge on any atom is 0.433 e. The van der Waals surface area contributed by atoms with E-state index in [2.05, 4.69) is 9.97 Å². The van der Waals surface area contributed by atoms with Crippen molar-refractivity contribution in [2.75, 3.05) is 17.7 Å². The second-order valence-corrected chi connectivity index (χ2v) is 6.19. The summed E-state index contributed by atoms with van der Waals surface area (Å²) in [5.74, 6) is -0.979. The molecule has 2 aromatic heterocycles. The lowest BCUT2D eigenvalue weighted by Crippen LogP contribution is -2.39. The monoisotopic (exact) mass is 399 g/mol. The van der Waals surface area contributed by atoms with Gasteiger partial charge in [0.25, 0.3) is 11.5 Å². The molecule has 0 aliphatic heterocycles. The highest BCUT2D eigenvalue weighted by Crippen LogP contribution is 2.28. The number of aromatic amines is 1. The highest BCUT2D eigenvalue weighted by atomic mass is 19.4. The molecule has 0 aliphatic rings. The predicted molar refractivity (Wildman–Crippen MR) is 97.4 cm³/mol. The molecule has 2 heterocycles. The van der Waals surface area contributed by atoms with Gasteiger partial charge in [0.05, 0.1) is 11.3 Å². The van der Waals surface area contributed by atoms with Gasteiger partial charge in [-0.3, -0.25) is 19.1 Å². The van der Waals surface area contributed by atoms with E-state index < -0.39 is 29.0 Å². The quantitative estimate of drug-likeness (QED) is 0.797. The minimum absolute atomic E-state index is 0.124. The van der Waals surface area contributed by atoms with Crippen molar-refractivity contribution in [2.45, 2.75) is 39.4 Å². The summed E-state index contributed by atoms with van der Waals surface area (Å²) < 4.78 is 39.4. The van der Waals surface area contributed by atoms with E-state index >= 15 is 0 Å². The number of hydrogen-bond donors (Lipinski definition) is 2. The van der Waals surface area contributed by atoms with Crippen LogP contribution >= 0.6 is 0 Å². The van der Waals surface area contributed by atoms with Crippen molar-refractivity contribution in [1.82, 2.24) is 14.5 Å². The van der Waals surface area contributed by atoms with Crippen molar-refractivity contribution < 1.29 is 18.0 Å². The van der Waals surface area contributed by atoms with Crippen molar-refractivity contribution in [1.29, 1.82) is 0 Å². The van der Waals surface area contributed by atoms with Crippen LogP contribution in [0.4, 0.5) is 24.7 Å². The topological polar surface area (TPSA) is 114 Å². The van der Waals surface area contributed by atoms with E-state index in [0.29, 0.717) is 12.5 Å². The van der Waals surface area contributed by atoms with Crippen LogP contribution < -0.4 is 21.9 Å². The Morgan fingerprint density at radius 3 is 2.50 bits per heavy atom. The molecule has 8 nitrogen and oxygen atoms in total. The maximum absolute atomic E-state index is 12.8. The molecule has 0 saturated heterocycles. The molecule has 3 N–H and O–H groups in total. The molecule has 1 amide bonds. The number of alkyl halides is 3. The SMILES string of the molecule is CCCCn1c(N)c(N(C)C(=O)c2ccc(C(F)(F)F)nc2C)c(=O)[nH]c1=O. The number of halogens is 3. The smallest absolute Gasteiger partial charge is 0.383 e. The molecule has 0 bridgehead atoms. The maximum atomic E-state index is 12.8. The van der Waals surface area contributed by atoms with E-state index in [0.717, 1.165) is 22.0 Å². The zero-order chi connectivity index (χ0) is 21.2. The molecule has 0 atom stereocenters. The van der Waals surface area contributed by atoms with Gasteiger partial charge in [-0.15, -0.1) is 0 Å². The first-order valence-corrected chi connectivity index (χ1v) is 8.44. The molecule has 0 radical (unpaired) electrons. The third-order valence-electron chi connectivity index (χ3n) is 4.20. The molecule has 28 heavy (non-hydrogen) atoms. The van der Waals surface area contributed by atoms with Crippen LogP contribution in [0.25, 0.3) is 0 Å². The molecule has 0 aromatic carbocycles. The molecule has 0 aliphatic carbocycles. The number of hydrogen-bond acceptors (Lipinski definition) is 5. The Bertz CT molecular complexity index is 1010. The first-order valence-electron chi connectivity index (χ1n) is 8.44. The standard InChI is InChI=1S/C17H20F3N5O3/c1-4-5-8-25-13(21)12(14(26)23-16(25)28)24(3)15(27)10-6-7-11(17(18,19)20)22-9(10)2/h6-7H,4-5,8,21H2,1-3H3,(H,23,26,28). The molecule has 152 valence electrons. The number of nitrogen functional groups attached to an aromatic ring is 1. The zero-order valence-electron chi connectivity index (χ0n) is 15.6. The largest absolute Gasteiger partial charge is 0.433 e. The van der Waals surface area contributed by atoms with E-state index in [9.17, 15) is 27.6 Å². The second-order valence-electron chi connectivity index (χ2n) is 6.19. The van der Waals surface area contributed by atoms with Crippen molar-refractivity contribution in [3.8, 4) is 0 Å². The van der Waals surface area contributed by atoms with Crippen LogP contribution in [0.2, 0.25) is 0 Å². The van der Waals surface area contributed by atoms with Crippen LogP contribution in [0.1, 0.15) is 41.5 Å². The lowest BCUT2D eigenvalue weighted by atomic mass is 10.1. The van der Waals surface area contributed by atoms with Gasteiger partial charge in [0, 0.05) is 13.6 Å². The number of nitrogens with two attached hydrogens (primary N) is 1. The third kappa shape index (κ3) is 4.07. The lowest BCUT2D eigenvalue weighted by Gasteiger charge is -2.21. The van der Waals surface area contributed by atoms with Gasteiger partial charge in [-0.25, -0.2) is 9.78 Å². The molecule has 0 fully saturated rings. The summed E-state index contributed by atoms with van der Waals surface area (Å²) in [6.07, 6.45) is -3.25. The summed E-state index contributed by atoms with van der Waals surface area (Å²) in [6, 6.07) is 1.67. The summed E-state index contributed by atoms with van der Waals surface area (Å²) in [5.41, 5.74) is 2.70. The van der Waals surface area contributed by atoms with E-state index in [1.54, 1.807) is 0 Å². The van der Waals surface area contributed by atoms with Crippen LogP contribution in [0.15, 0.2) is 21.7 Å². The van der Waals surface area contributed by atoms with Crippen molar-refractivity contribution in [3.05, 3.63) is 49.9 Å². The van der Waals surface area contributed by atoms with Gasteiger partial charge in [0.1, 0.15) is 11.5 Å². The van der Waals surface area contributed by atoms with Crippen molar-refractivity contribution in [2.24, 2.45) is 0 Å². The number of nitrogens with zero attached hydrogens (tertiary/aromatic N) is 3. The minimum Gasteiger partial charge on any atom is -0.383 e. The number of carbonyl (C=O) groups excluding carboxylic acids is 1. The molecule has 11 heteroatoms. The number of H-pyrrole nitrogens is 1. The van der Waals surface area contributed by atoms with Crippen molar-refractivity contribution >= 4 is 17.4 Å². The molecular weight excluding hydrogens is 379 g/mol. The number of aromatic nitrogens is 3. The van der Waals surface area contributed by atoms with Gasteiger partial charge in [0.15, 0.2) is 5.69 Å². The van der Waals surface area contributed by atoms with Crippen LogP contribution in [-0.4, -0.2) is 27.5 Å². The number of unbranched alkanes of at least 4 members (excludes halogenated alkanes) is 1. The van der Waals surface area contributed by atoms with E-state index in [4.69, 9.17) is 5.73 Å². The summed E-state index contributed by atoms with van der Waals surface area (Å²) >= 11 is 0. The molecule has 0 spiro atoms.